The van der Waals surface area contributed by atoms with Crippen molar-refractivity contribution < 1.29 is 9.59 Å². The molecule has 0 aromatic heterocycles. The number of hydrazone groups is 2. The van der Waals surface area contributed by atoms with Gasteiger partial charge in [-0.1, -0.05) is 43.4 Å². The molecule has 6 nitrogen and oxygen atoms in total. The molecule has 6 heteroatoms. The van der Waals surface area contributed by atoms with Crippen LogP contribution in [0.25, 0.3) is 0 Å². The predicted octanol–water partition coefficient (Wildman–Crippen LogP) is 3.65. The van der Waals surface area contributed by atoms with E-state index in [2.05, 4.69) is 29.3 Å². The molecule has 0 saturated carbocycles. The summed E-state index contributed by atoms with van der Waals surface area (Å²) in [6, 6.07) is 9.26. The van der Waals surface area contributed by atoms with E-state index in [0.29, 0.717) is 28.6 Å². The van der Waals surface area contributed by atoms with Gasteiger partial charge in [0.25, 0.3) is 11.8 Å². The Labute approximate surface area is 164 Å². The van der Waals surface area contributed by atoms with Crippen molar-refractivity contribution in [3.63, 3.8) is 0 Å². The van der Waals surface area contributed by atoms with Crippen LogP contribution < -0.4 is 5.01 Å². The second-order valence-electron chi connectivity index (χ2n) is 7.29. The summed E-state index contributed by atoms with van der Waals surface area (Å²) in [5.41, 5.74) is 3.20. The smallest absolute Gasteiger partial charge is 0.271 e. The number of hydrogen-bond donors (Lipinski definition) is 0. The first-order valence-corrected chi connectivity index (χ1v) is 9.40. The Bertz CT molecular complexity index is 985. The highest BCUT2D eigenvalue weighted by molar-refractivity contribution is 6.30. The zero-order valence-corrected chi connectivity index (χ0v) is 16.2. The van der Waals surface area contributed by atoms with Crippen LogP contribution in [0.3, 0.4) is 0 Å². The van der Waals surface area contributed by atoms with Crippen molar-refractivity contribution >= 4 is 28.9 Å². The molecule has 1 aromatic carbocycles. The minimum absolute atomic E-state index is 0.145. The van der Waals surface area contributed by atoms with Crippen LogP contribution in [0.5, 0.6) is 0 Å². The van der Waals surface area contributed by atoms with E-state index in [1.165, 1.54) is 10.0 Å². The minimum atomic E-state index is -0.564. The molecule has 2 aliphatic heterocycles. The van der Waals surface area contributed by atoms with Crippen LogP contribution in [0.1, 0.15) is 27.2 Å². The van der Waals surface area contributed by atoms with Gasteiger partial charge in [-0.05, 0) is 44.4 Å². The summed E-state index contributed by atoms with van der Waals surface area (Å²) in [5, 5.41) is 11.6. The molecule has 1 aliphatic carbocycles. The maximum absolute atomic E-state index is 13.0. The van der Waals surface area contributed by atoms with Crippen molar-refractivity contribution in [2.24, 2.45) is 22.0 Å². The SMILES string of the molecule is CC1=NN(c2ccccc2)C(=O)/C1=C\C1C(=O)N(C2=CC(C)CC=C2)N=C1C. The minimum Gasteiger partial charge on any atom is -0.271 e. The molecular formula is C22H22N4O2. The van der Waals surface area contributed by atoms with Crippen LogP contribution in [0.4, 0.5) is 5.69 Å². The van der Waals surface area contributed by atoms with E-state index < -0.39 is 5.92 Å². The first-order chi connectivity index (χ1) is 13.5. The Balaban J connectivity index is 1.60. The third-order valence-corrected chi connectivity index (χ3v) is 5.08. The number of amides is 2. The van der Waals surface area contributed by atoms with Gasteiger partial charge < -0.3 is 0 Å². The number of rotatable bonds is 3. The van der Waals surface area contributed by atoms with Crippen molar-refractivity contribution in [2.75, 3.05) is 5.01 Å². The van der Waals surface area contributed by atoms with Crippen LogP contribution in [-0.4, -0.2) is 28.2 Å². The fourth-order valence-corrected chi connectivity index (χ4v) is 3.54. The van der Waals surface area contributed by atoms with E-state index in [0.717, 1.165) is 12.1 Å². The van der Waals surface area contributed by atoms with Gasteiger partial charge >= 0.3 is 0 Å². The molecule has 2 unspecified atom stereocenters. The second-order valence-corrected chi connectivity index (χ2v) is 7.29. The molecule has 2 amide bonds. The zero-order valence-electron chi connectivity index (χ0n) is 16.2. The molecular weight excluding hydrogens is 352 g/mol. The van der Waals surface area contributed by atoms with Gasteiger partial charge in [0.05, 0.1) is 34.3 Å². The molecule has 28 heavy (non-hydrogen) atoms. The largest absolute Gasteiger partial charge is 0.280 e. The summed E-state index contributed by atoms with van der Waals surface area (Å²) in [5.74, 6) is -0.570. The molecule has 2 heterocycles. The van der Waals surface area contributed by atoms with Gasteiger partial charge in [-0.15, -0.1) is 0 Å². The van der Waals surface area contributed by atoms with Gasteiger partial charge in [-0.25, -0.2) is 5.01 Å². The molecule has 4 rings (SSSR count). The quantitative estimate of drug-likeness (QED) is 0.758. The first kappa shape index (κ1) is 18.1. The topological polar surface area (TPSA) is 65.3 Å². The Morgan fingerprint density at radius 2 is 1.82 bits per heavy atom. The Hall–Kier alpha value is -3.28. The first-order valence-electron chi connectivity index (χ1n) is 9.40. The molecule has 3 aliphatic rings. The van der Waals surface area contributed by atoms with E-state index >= 15 is 0 Å². The maximum atomic E-state index is 13.0. The van der Waals surface area contributed by atoms with Crippen molar-refractivity contribution in [3.05, 3.63) is 65.9 Å². The lowest BCUT2D eigenvalue weighted by atomic mass is 9.98. The van der Waals surface area contributed by atoms with Gasteiger partial charge in [0, 0.05) is 0 Å². The number of carbonyl (C=O) groups excluding carboxylic acids is 2. The lowest BCUT2D eigenvalue weighted by molar-refractivity contribution is -0.128. The van der Waals surface area contributed by atoms with Crippen LogP contribution in [0.15, 0.2) is 76.1 Å². The van der Waals surface area contributed by atoms with Gasteiger partial charge in [-0.2, -0.15) is 15.2 Å². The van der Waals surface area contributed by atoms with Gasteiger partial charge in [0.1, 0.15) is 0 Å². The van der Waals surface area contributed by atoms with E-state index in [1.807, 2.05) is 43.3 Å². The summed E-state index contributed by atoms with van der Waals surface area (Å²) >= 11 is 0. The monoisotopic (exact) mass is 374 g/mol. The number of carbonyl (C=O) groups is 2. The number of hydrogen-bond acceptors (Lipinski definition) is 4. The third kappa shape index (κ3) is 3.11. The second kappa shape index (κ2) is 7.03. The lowest BCUT2D eigenvalue weighted by Gasteiger charge is -2.19. The number of benzene rings is 1. The average molecular weight is 374 g/mol. The van der Waals surface area contributed by atoms with Crippen molar-refractivity contribution in [1.82, 2.24) is 5.01 Å². The molecule has 1 aromatic rings. The standard InChI is InChI=1S/C22H22N4O2/c1-14-8-7-11-18(12-14)26-22(28)20(16(3)24-26)13-19-15(2)23-25(21(19)27)17-9-5-4-6-10-17/h4-7,9-14,20H,8H2,1-3H3/b19-13-. The molecule has 0 radical (unpaired) electrons. The molecule has 0 bridgehead atoms. The van der Waals surface area contributed by atoms with Crippen molar-refractivity contribution in [3.8, 4) is 0 Å². The van der Waals surface area contributed by atoms with E-state index in [4.69, 9.17) is 0 Å². The van der Waals surface area contributed by atoms with Gasteiger partial charge in [0.2, 0.25) is 0 Å². The number of para-hydroxylation sites is 1. The van der Waals surface area contributed by atoms with Crippen LogP contribution in [0.2, 0.25) is 0 Å². The number of nitrogens with zero attached hydrogens (tertiary/aromatic N) is 4. The molecule has 0 N–H and O–H groups in total. The number of allylic oxidation sites excluding steroid dienone is 3. The average Bonchev–Trinajstić information content (AvgIpc) is 3.13. The van der Waals surface area contributed by atoms with Crippen LogP contribution >= 0.6 is 0 Å². The molecule has 0 fully saturated rings. The Morgan fingerprint density at radius 1 is 1.07 bits per heavy atom. The predicted molar refractivity (Wildman–Crippen MR) is 110 cm³/mol. The summed E-state index contributed by atoms with van der Waals surface area (Å²) in [7, 11) is 0. The lowest BCUT2D eigenvalue weighted by Crippen LogP contribution is -2.28. The summed E-state index contributed by atoms with van der Waals surface area (Å²) in [6.07, 6.45) is 8.69. The highest BCUT2D eigenvalue weighted by Crippen LogP contribution is 2.29. The van der Waals surface area contributed by atoms with Crippen molar-refractivity contribution in [1.29, 1.82) is 0 Å². The maximum Gasteiger partial charge on any atom is 0.280 e. The fraction of sp³-hybridized carbons (Fsp3) is 0.273. The summed E-state index contributed by atoms with van der Waals surface area (Å²) in [6.45, 7) is 5.71. The van der Waals surface area contributed by atoms with E-state index in [1.54, 1.807) is 13.0 Å². The summed E-state index contributed by atoms with van der Waals surface area (Å²) in [4.78, 5) is 25.9. The molecule has 0 saturated heterocycles. The molecule has 0 spiro atoms. The third-order valence-electron chi connectivity index (χ3n) is 5.08. The fourth-order valence-electron chi connectivity index (χ4n) is 3.54. The Morgan fingerprint density at radius 3 is 2.54 bits per heavy atom. The highest BCUT2D eigenvalue weighted by Gasteiger charge is 2.37. The molecule has 2 atom stereocenters. The van der Waals surface area contributed by atoms with Crippen LogP contribution in [-0.2, 0) is 9.59 Å². The summed E-state index contributed by atoms with van der Waals surface area (Å²) < 4.78 is 0. The van der Waals surface area contributed by atoms with Gasteiger partial charge in [0.15, 0.2) is 0 Å². The normalized spacial score (nSPS) is 26.1. The molecule has 142 valence electrons. The zero-order chi connectivity index (χ0) is 19.8. The van der Waals surface area contributed by atoms with Crippen molar-refractivity contribution in [2.45, 2.75) is 27.2 Å². The van der Waals surface area contributed by atoms with E-state index in [9.17, 15) is 9.59 Å². The highest BCUT2D eigenvalue weighted by atomic mass is 16.2. The number of anilines is 1. The van der Waals surface area contributed by atoms with E-state index in [-0.39, 0.29) is 11.8 Å². The van der Waals surface area contributed by atoms with Gasteiger partial charge in [-0.3, -0.25) is 9.59 Å². The Kier molecular flexibility index (Phi) is 4.55. The van der Waals surface area contributed by atoms with Crippen LogP contribution in [0, 0.1) is 11.8 Å².